The third-order valence-corrected chi connectivity index (χ3v) is 5.64. The van der Waals surface area contributed by atoms with Crippen molar-refractivity contribution in [1.29, 1.82) is 0 Å². The van der Waals surface area contributed by atoms with Crippen LogP contribution in [0.2, 0.25) is 0 Å². The molecule has 1 aliphatic carbocycles. The molecule has 3 amide bonds. The van der Waals surface area contributed by atoms with Crippen molar-refractivity contribution in [2.75, 3.05) is 11.9 Å². The molecule has 0 aromatic carbocycles. The van der Waals surface area contributed by atoms with E-state index in [4.69, 9.17) is 0 Å². The molecule has 8 nitrogen and oxygen atoms in total. The van der Waals surface area contributed by atoms with Crippen LogP contribution in [0, 0.1) is 18.8 Å². The van der Waals surface area contributed by atoms with E-state index in [1.807, 2.05) is 20.0 Å². The zero-order valence-corrected chi connectivity index (χ0v) is 15.6. The summed E-state index contributed by atoms with van der Waals surface area (Å²) in [5.74, 6) is -0.796. The van der Waals surface area contributed by atoms with Gasteiger partial charge in [-0.1, -0.05) is 12.8 Å². The standard InChI is InChI=1S/C19H23N5O3/c1-11-15-9-12(10-20-17(15)23(2)22-11)21-16(25)7-8-24-18(26)13-5-3-4-6-14(13)19(24)27/h9-10,13-14H,3-8H2,1-2H3,(H,21,25)/t13-,14+. The molecule has 1 saturated heterocycles. The Morgan fingerprint density at radius 2 is 1.89 bits per heavy atom. The fourth-order valence-electron chi connectivity index (χ4n) is 4.26. The molecule has 1 aliphatic heterocycles. The van der Waals surface area contributed by atoms with Gasteiger partial charge in [-0.15, -0.1) is 0 Å². The number of fused-ring (bicyclic) bond motifs is 2. The maximum atomic E-state index is 12.5. The summed E-state index contributed by atoms with van der Waals surface area (Å²) in [5.41, 5.74) is 2.17. The second-order valence-electron chi connectivity index (χ2n) is 7.43. The van der Waals surface area contributed by atoms with Gasteiger partial charge in [-0.3, -0.25) is 24.0 Å². The van der Waals surface area contributed by atoms with Crippen LogP contribution in [0.15, 0.2) is 12.3 Å². The Labute approximate surface area is 156 Å². The molecule has 0 unspecified atom stereocenters. The van der Waals surface area contributed by atoms with Gasteiger partial charge in [0.05, 0.1) is 29.4 Å². The number of carbonyl (C=O) groups excluding carboxylic acids is 3. The van der Waals surface area contributed by atoms with Crippen molar-refractivity contribution in [2.24, 2.45) is 18.9 Å². The summed E-state index contributed by atoms with van der Waals surface area (Å²) in [6, 6.07) is 1.84. The number of hydrogen-bond acceptors (Lipinski definition) is 5. The van der Waals surface area contributed by atoms with Gasteiger partial charge in [0.2, 0.25) is 17.7 Å². The molecule has 0 bridgehead atoms. The minimum Gasteiger partial charge on any atom is -0.325 e. The topological polar surface area (TPSA) is 97.2 Å². The molecule has 1 saturated carbocycles. The van der Waals surface area contributed by atoms with E-state index in [0.29, 0.717) is 5.69 Å². The number of carbonyl (C=O) groups is 3. The molecule has 142 valence electrons. The van der Waals surface area contributed by atoms with Crippen molar-refractivity contribution in [3.63, 3.8) is 0 Å². The Hall–Kier alpha value is -2.77. The maximum Gasteiger partial charge on any atom is 0.233 e. The highest BCUT2D eigenvalue weighted by molar-refractivity contribution is 6.05. The molecule has 0 radical (unpaired) electrons. The van der Waals surface area contributed by atoms with Crippen molar-refractivity contribution in [3.8, 4) is 0 Å². The average molecular weight is 369 g/mol. The predicted molar refractivity (Wildman–Crippen MR) is 98.7 cm³/mol. The first-order valence-electron chi connectivity index (χ1n) is 9.40. The Morgan fingerprint density at radius 3 is 2.56 bits per heavy atom. The van der Waals surface area contributed by atoms with Crippen LogP contribution in [-0.4, -0.2) is 43.9 Å². The number of amides is 3. The summed E-state index contributed by atoms with van der Waals surface area (Å²) < 4.78 is 1.69. The number of nitrogens with one attached hydrogen (secondary N) is 1. The van der Waals surface area contributed by atoms with Crippen LogP contribution in [0.3, 0.4) is 0 Å². The predicted octanol–water partition coefficient (Wildman–Crippen LogP) is 1.78. The van der Waals surface area contributed by atoms with Crippen LogP contribution in [0.25, 0.3) is 11.0 Å². The first-order chi connectivity index (χ1) is 13.0. The lowest BCUT2D eigenvalue weighted by Gasteiger charge is -2.19. The van der Waals surface area contributed by atoms with Crippen molar-refractivity contribution in [2.45, 2.75) is 39.0 Å². The van der Waals surface area contributed by atoms with Crippen molar-refractivity contribution in [1.82, 2.24) is 19.7 Å². The highest BCUT2D eigenvalue weighted by atomic mass is 16.2. The normalized spacial score (nSPS) is 22.4. The summed E-state index contributed by atoms with van der Waals surface area (Å²) in [5, 5.41) is 7.99. The van der Waals surface area contributed by atoms with E-state index in [-0.39, 0.29) is 42.5 Å². The first kappa shape index (κ1) is 17.6. The summed E-state index contributed by atoms with van der Waals surface area (Å²) >= 11 is 0. The van der Waals surface area contributed by atoms with Crippen LogP contribution in [-0.2, 0) is 21.4 Å². The average Bonchev–Trinajstić information content (AvgIpc) is 3.07. The highest BCUT2D eigenvalue weighted by Crippen LogP contribution is 2.38. The third-order valence-electron chi connectivity index (χ3n) is 5.64. The number of likely N-dealkylation sites (tertiary alicyclic amines) is 1. The zero-order valence-electron chi connectivity index (χ0n) is 15.6. The molecule has 2 aliphatic rings. The number of imide groups is 1. The van der Waals surface area contributed by atoms with Crippen LogP contribution >= 0.6 is 0 Å². The number of pyridine rings is 1. The van der Waals surface area contributed by atoms with Gasteiger partial charge in [0, 0.05) is 25.4 Å². The van der Waals surface area contributed by atoms with Crippen LogP contribution in [0.5, 0.6) is 0 Å². The molecule has 3 heterocycles. The SMILES string of the molecule is Cc1nn(C)c2ncc(NC(=O)CCN3C(=O)[C@H]4CCCC[C@H]4C3=O)cc12. The summed E-state index contributed by atoms with van der Waals surface area (Å²) in [6.07, 6.45) is 5.24. The minimum absolute atomic E-state index is 0.0843. The lowest BCUT2D eigenvalue weighted by atomic mass is 9.81. The highest BCUT2D eigenvalue weighted by Gasteiger charge is 2.47. The second-order valence-corrected chi connectivity index (χ2v) is 7.43. The molecular formula is C19H23N5O3. The van der Waals surface area contributed by atoms with Crippen molar-refractivity contribution >= 4 is 34.4 Å². The molecule has 2 atom stereocenters. The molecule has 2 fully saturated rings. The van der Waals surface area contributed by atoms with Gasteiger partial charge in [-0.2, -0.15) is 5.10 Å². The van der Waals surface area contributed by atoms with E-state index >= 15 is 0 Å². The summed E-state index contributed by atoms with van der Waals surface area (Å²) in [7, 11) is 1.82. The lowest BCUT2D eigenvalue weighted by Crippen LogP contribution is -2.34. The molecule has 2 aromatic heterocycles. The van der Waals surface area contributed by atoms with Gasteiger partial charge < -0.3 is 5.32 Å². The number of rotatable bonds is 4. The molecular weight excluding hydrogens is 346 g/mol. The molecule has 8 heteroatoms. The molecule has 0 spiro atoms. The molecule has 1 N–H and O–H groups in total. The molecule has 2 aromatic rings. The van der Waals surface area contributed by atoms with Gasteiger partial charge >= 0.3 is 0 Å². The van der Waals surface area contributed by atoms with Gasteiger partial charge in [-0.25, -0.2) is 4.98 Å². The van der Waals surface area contributed by atoms with E-state index in [0.717, 1.165) is 42.4 Å². The Morgan fingerprint density at radius 1 is 1.22 bits per heavy atom. The molecule has 4 rings (SSSR count). The van der Waals surface area contributed by atoms with E-state index in [1.165, 1.54) is 4.90 Å². The maximum absolute atomic E-state index is 12.5. The molecule has 27 heavy (non-hydrogen) atoms. The fraction of sp³-hybridized carbons (Fsp3) is 0.526. The van der Waals surface area contributed by atoms with Crippen molar-refractivity contribution in [3.05, 3.63) is 18.0 Å². The summed E-state index contributed by atoms with van der Waals surface area (Å²) in [4.78, 5) is 42.9. The number of anilines is 1. The Balaban J connectivity index is 1.39. The van der Waals surface area contributed by atoms with E-state index in [2.05, 4.69) is 15.4 Å². The number of aromatic nitrogens is 3. The second kappa shape index (κ2) is 6.75. The van der Waals surface area contributed by atoms with Gasteiger partial charge in [0.15, 0.2) is 5.65 Å². The Bertz CT molecular complexity index is 911. The van der Waals surface area contributed by atoms with E-state index in [9.17, 15) is 14.4 Å². The van der Waals surface area contributed by atoms with Gasteiger partial charge in [0.1, 0.15) is 0 Å². The van der Waals surface area contributed by atoms with Crippen LogP contribution in [0.4, 0.5) is 5.69 Å². The first-order valence-corrected chi connectivity index (χ1v) is 9.40. The summed E-state index contributed by atoms with van der Waals surface area (Å²) in [6.45, 7) is 2.03. The largest absolute Gasteiger partial charge is 0.325 e. The number of hydrogen-bond donors (Lipinski definition) is 1. The quantitative estimate of drug-likeness (QED) is 0.829. The zero-order chi connectivity index (χ0) is 19.1. The lowest BCUT2D eigenvalue weighted by molar-refractivity contribution is -0.140. The van der Waals surface area contributed by atoms with Crippen LogP contribution in [0.1, 0.15) is 37.8 Å². The van der Waals surface area contributed by atoms with Gasteiger partial charge in [-0.05, 0) is 25.8 Å². The van der Waals surface area contributed by atoms with E-state index in [1.54, 1.807) is 10.9 Å². The Kier molecular flexibility index (Phi) is 4.41. The van der Waals surface area contributed by atoms with Crippen LogP contribution < -0.4 is 5.32 Å². The monoisotopic (exact) mass is 369 g/mol. The van der Waals surface area contributed by atoms with Gasteiger partial charge in [0.25, 0.3) is 0 Å². The fourth-order valence-corrected chi connectivity index (χ4v) is 4.26. The number of aryl methyl sites for hydroxylation is 2. The number of nitrogens with zero attached hydrogens (tertiary/aromatic N) is 4. The minimum atomic E-state index is -0.242. The smallest absolute Gasteiger partial charge is 0.233 e. The van der Waals surface area contributed by atoms with Crippen molar-refractivity contribution < 1.29 is 14.4 Å². The van der Waals surface area contributed by atoms with E-state index < -0.39 is 0 Å². The third kappa shape index (κ3) is 3.09.